The Morgan fingerprint density at radius 1 is 1.53 bits per heavy atom. The lowest BCUT2D eigenvalue weighted by Crippen LogP contribution is -2.25. The summed E-state index contributed by atoms with van der Waals surface area (Å²) >= 11 is 1.72. The van der Waals surface area contributed by atoms with Crippen LogP contribution >= 0.6 is 11.3 Å². The van der Waals surface area contributed by atoms with Gasteiger partial charge in [0.05, 0.1) is 7.11 Å². The molecule has 0 radical (unpaired) electrons. The quantitative estimate of drug-likeness (QED) is 0.803. The van der Waals surface area contributed by atoms with Crippen molar-refractivity contribution in [1.82, 2.24) is 5.32 Å². The van der Waals surface area contributed by atoms with Crippen LogP contribution in [0, 0.1) is 5.92 Å². The van der Waals surface area contributed by atoms with E-state index in [2.05, 4.69) is 18.3 Å². The fraction of sp³-hybridized carbons (Fsp3) is 0.667. The molecular formula is C12H19NOS. The van der Waals surface area contributed by atoms with E-state index < -0.39 is 0 Å². The number of hydrogen-bond donors (Lipinski definition) is 1. The summed E-state index contributed by atoms with van der Waals surface area (Å²) in [5, 5.41) is 4.56. The second kappa shape index (κ2) is 4.99. The number of hydrogen-bond acceptors (Lipinski definition) is 3. The number of ether oxygens (including phenoxy) is 1. The highest BCUT2D eigenvalue weighted by Crippen LogP contribution is 2.33. The summed E-state index contributed by atoms with van der Waals surface area (Å²) in [6.45, 7) is 3.26. The van der Waals surface area contributed by atoms with E-state index in [1.54, 1.807) is 18.4 Å². The van der Waals surface area contributed by atoms with E-state index in [0.717, 1.165) is 17.5 Å². The van der Waals surface area contributed by atoms with E-state index in [-0.39, 0.29) is 0 Å². The molecule has 0 aliphatic heterocycles. The molecule has 0 spiro atoms. The van der Waals surface area contributed by atoms with Crippen LogP contribution in [-0.2, 0) is 6.54 Å². The first-order valence-corrected chi connectivity index (χ1v) is 6.45. The van der Waals surface area contributed by atoms with Crippen LogP contribution in [0.1, 0.15) is 31.1 Å². The molecule has 1 aromatic heterocycles. The van der Waals surface area contributed by atoms with Crippen molar-refractivity contribution < 1.29 is 4.74 Å². The fourth-order valence-electron chi connectivity index (χ4n) is 1.77. The molecule has 84 valence electrons. The van der Waals surface area contributed by atoms with Crippen molar-refractivity contribution in [2.24, 2.45) is 5.92 Å². The van der Waals surface area contributed by atoms with Crippen LogP contribution in [0.3, 0.4) is 0 Å². The summed E-state index contributed by atoms with van der Waals surface area (Å²) in [6, 6.07) is 4.82. The molecular weight excluding hydrogens is 206 g/mol. The lowest BCUT2D eigenvalue weighted by molar-refractivity contribution is 0.427. The minimum atomic E-state index is 0.644. The van der Waals surface area contributed by atoms with Gasteiger partial charge in [0.15, 0.2) is 5.06 Å². The van der Waals surface area contributed by atoms with Crippen molar-refractivity contribution in [2.45, 2.75) is 38.8 Å². The molecule has 0 bridgehead atoms. The third-order valence-corrected chi connectivity index (χ3v) is 3.89. The third kappa shape index (κ3) is 3.50. The van der Waals surface area contributed by atoms with E-state index in [1.165, 1.54) is 24.1 Å². The van der Waals surface area contributed by atoms with Gasteiger partial charge in [-0.25, -0.2) is 0 Å². The number of methoxy groups -OCH3 is 1. The smallest absolute Gasteiger partial charge is 0.173 e. The van der Waals surface area contributed by atoms with Gasteiger partial charge in [0.1, 0.15) is 0 Å². The molecule has 1 aromatic rings. The minimum Gasteiger partial charge on any atom is -0.487 e. The van der Waals surface area contributed by atoms with Gasteiger partial charge in [0, 0.05) is 17.5 Å². The summed E-state index contributed by atoms with van der Waals surface area (Å²) in [7, 11) is 1.72. The minimum absolute atomic E-state index is 0.644. The van der Waals surface area contributed by atoms with Gasteiger partial charge in [-0.15, -0.1) is 11.3 Å². The molecule has 1 saturated carbocycles. The maximum Gasteiger partial charge on any atom is 0.173 e. The molecule has 0 amide bonds. The number of thiophene rings is 1. The molecule has 1 aliphatic carbocycles. The third-order valence-electron chi connectivity index (χ3n) is 2.85. The van der Waals surface area contributed by atoms with E-state index >= 15 is 0 Å². The topological polar surface area (TPSA) is 21.3 Å². The Bertz CT molecular complexity index is 306. The predicted octanol–water partition coefficient (Wildman–Crippen LogP) is 3.03. The zero-order chi connectivity index (χ0) is 10.7. The summed E-state index contributed by atoms with van der Waals surface area (Å²) in [6.07, 6.45) is 4.22. The van der Waals surface area contributed by atoms with Crippen LogP contribution in [0.15, 0.2) is 12.1 Å². The first kappa shape index (κ1) is 11.0. The Morgan fingerprint density at radius 3 is 2.93 bits per heavy atom. The molecule has 1 unspecified atom stereocenters. The van der Waals surface area contributed by atoms with E-state index in [1.807, 2.05) is 6.07 Å². The van der Waals surface area contributed by atoms with Gasteiger partial charge in [-0.3, -0.25) is 0 Å². The molecule has 15 heavy (non-hydrogen) atoms. The SMILES string of the molecule is COc1ccc(CNC(C)CC2CC2)s1. The van der Waals surface area contributed by atoms with Gasteiger partial charge in [0.25, 0.3) is 0 Å². The summed E-state index contributed by atoms with van der Waals surface area (Å²) < 4.78 is 5.17. The van der Waals surface area contributed by atoms with E-state index in [9.17, 15) is 0 Å². The zero-order valence-corrected chi connectivity index (χ0v) is 10.3. The van der Waals surface area contributed by atoms with Crippen molar-refractivity contribution in [3.8, 4) is 5.06 Å². The van der Waals surface area contributed by atoms with Crippen LogP contribution in [-0.4, -0.2) is 13.2 Å². The average molecular weight is 225 g/mol. The van der Waals surface area contributed by atoms with Crippen molar-refractivity contribution in [3.63, 3.8) is 0 Å². The summed E-state index contributed by atoms with van der Waals surface area (Å²) in [5.41, 5.74) is 0. The second-order valence-corrected chi connectivity index (χ2v) is 5.52. The maximum atomic E-state index is 5.17. The van der Waals surface area contributed by atoms with Crippen molar-refractivity contribution in [2.75, 3.05) is 7.11 Å². The molecule has 1 atom stereocenters. The Kier molecular flexibility index (Phi) is 3.65. The molecule has 1 aliphatic rings. The van der Waals surface area contributed by atoms with Crippen LogP contribution in [0.5, 0.6) is 5.06 Å². The van der Waals surface area contributed by atoms with Gasteiger partial charge < -0.3 is 10.1 Å². The zero-order valence-electron chi connectivity index (χ0n) is 9.45. The Labute approximate surface area is 95.6 Å². The van der Waals surface area contributed by atoms with Crippen LogP contribution in [0.2, 0.25) is 0 Å². The molecule has 1 N–H and O–H groups in total. The van der Waals surface area contributed by atoms with Crippen molar-refractivity contribution >= 4 is 11.3 Å². The first-order chi connectivity index (χ1) is 7.28. The number of rotatable bonds is 6. The van der Waals surface area contributed by atoms with Gasteiger partial charge in [-0.2, -0.15) is 0 Å². The van der Waals surface area contributed by atoms with Crippen LogP contribution < -0.4 is 10.1 Å². The van der Waals surface area contributed by atoms with Crippen molar-refractivity contribution in [3.05, 3.63) is 17.0 Å². The fourth-order valence-corrected chi connectivity index (χ4v) is 2.54. The summed E-state index contributed by atoms with van der Waals surface area (Å²) in [5.74, 6) is 1.00. The Morgan fingerprint density at radius 2 is 2.33 bits per heavy atom. The van der Waals surface area contributed by atoms with Gasteiger partial charge in [-0.05, 0) is 31.4 Å². The second-order valence-electron chi connectivity index (χ2n) is 4.39. The summed E-state index contributed by atoms with van der Waals surface area (Å²) in [4.78, 5) is 1.36. The van der Waals surface area contributed by atoms with Crippen molar-refractivity contribution in [1.29, 1.82) is 0 Å². The molecule has 2 rings (SSSR count). The molecule has 0 aromatic carbocycles. The predicted molar refractivity (Wildman–Crippen MR) is 64.5 cm³/mol. The van der Waals surface area contributed by atoms with Gasteiger partial charge >= 0.3 is 0 Å². The number of nitrogens with one attached hydrogen (secondary N) is 1. The lowest BCUT2D eigenvalue weighted by atomic mass is 10.1. The highest BCUT2D eigenvalue weighted by Gasteiger charge is 2.23. The lowest BCUT2D eigenvalue weighted by Gasteiger charge is -2.11. The average Bonchev–Trinajstić information content (AvgIpc) is 2.92. The normalized spacial score (nSPS) is 17.7. The van der Waals surface area contributed by atoms with Crippen LogP contribution in [0.4, 0.5) is 0 Å². The Hall–Kier alpha value is -0.540. The van der Waals surface area contributed by atoms with Crippen LogP contribution in [0.25, 0.3) is 0 Å². The highest BCUT2D eigenvalue weighted by atomic mass is 32.1. The monoisotopic (exact) mass is 225 g/mol. The standard InChI is InChI=1S/C12H19NOS/c1-9(7-10-3-4-10)13-8-11-5-6-12(14-2)15-11/h5-6,9-10,13H,3-4,7-8H2,1-2H3. The molecule has 3 heteroatoms. The molecule has 1 heterocycles. The van der Waals surface area contributed by atoms with Gasteiger partial charge in [-0.1, -0.05) is 12.8 Å². The van der Waals surface area contributed by atoms with E-state index in [4.69, 9.17) is 4.74 Å². The molecule has 1 fully saturated rings. The maximum absolute atomic E-state index is 5.17. The first-order valence-electron chi connectivity index (χ1n) is 5.64. The largest absolute Gasteiger partial charge is 0.487 e. The molecule has 2 nitrogen and oxygen atoms in total. The Balaban J connectivity index is 1.71. The van der Waals surface area contributed by atoms with Gasteiger partial charge in [0.2, 0.25) is 0 Å². The molecule has 0 saturated heterocycles. The highest BCUT2D eigenvalue weighted by molar-refractivity contribution is 7.13. The van der Waals surface area contributed by atoms with E-state index in [0.29, 0.717) is 6.04 Å².